The molecular formula is C19H28N4. The maximum Gasteiger partial charge on any atom is 0.132 e. The summed E-state index contributed by atoms with van der Waals surface area (Å²) in [6, 6.07) is 3.04. The van der Waals surface area contributed by atoms with Crippen molar-refractivity contribution in [2.24, 2.45) is 17.8 Å². The molecule has 6 rings (SSSR count). The zero-order chi connectivity index (χ0) is 15.2. The lowest BCUT2D eigenvalue weighted by molar-refractivity contribution is 0.157. The van der Waals surface area contributed by atoms with Crippen molar-refractivity contribution in [2.45, 2.75) is 56.9 Å². The molecule has 3 saturated heterocycles. The number of aromatic nitrogens is 2. The summed E-state index contributed by atoms with van der Waals surface area (Å²) in [5.41, 5.74) is 1.26. The lowest BCUT2D eigenvalue weighted by atomic mass is 9.68. The maximum absolute atomic E-state index is 4.69. The van der Waals surface area contributed by atoms with Gasteiger partial charge >= 0.3 is 0 Å². The van der Waals surface area contributed by atoms with Crippen molar-refractivity contribution in [2.75, 3.05) is 24.5 Å². The van der Waals surface area contributed by atoms with Crippen molar-refractivity contribution in [1.82, 2.24) is 15.3 Å². The van der Waals surface area contributed by atoms with Gasteiger partial charge < -0.3 is 10.2 Å². The number of piperidine rings is 1. The van der Waals surface area contributed by atoms with Crippen molar-refractivity contribution < 1.29 is 0 Å². The van der Waals surface area contributed by atoms with Gasteiger partial charge in [-0.1, -0.05) is 0 Å². The molecule has 5 atom stereocenters. The Balaban J connectivity index is 1.42. The molecule has 3 unspecified atom stereocenters. The minimum absolute atomic E-state index is 0.574. The summed E-state index contributed by atoms with van der Waals surface area (Å²) in [6.07, 6.45) is 11.6. The third-order valence-electron chi connectivity index (χ3n) is 6.79. The molecule has 2 saturated carbocycles. The van der Waals surface area contributed by atoms with Crippen LogP contribution in [0.25, 0.3) is 0 Å². The Bertz CT molecular complexity index is 554. The Morgan fingerprint density at radius 2 is 1.83 bits per heavy atom. The molecule has 0 aromatic carbocycles. The number of rotatable bonds is 2. The van der Waals surface area contributed by atoms with E-state index in [1.165, 1.54) is 63.0 Å². The second kappa shape index (κ2) is 5.73. The van der Waals surface area contributed by atoms with Gasteiger partial charge in [-0.15, -0.1) is 0 Å². The van der Waals surface area contributed by atoms with Gasteiger partial charge in [0.2, 0.25) is 0 Å². The number of nitrogens with zero attached hydrogens (tertiary/aromatic N) is 3. The predicted molar refractivity (Wildman–Crippen MR) is 91.6 cm³/mol. The van der Waals surface area contributed by atoms with E-state index in [0.29, 0.717) is 5.92 Å². The third kappa shape index (κ3) is 2.65. The fraction of sp³-hybridized carbons (Fsp3) is 0.789. The van der Waals surface area contributed by atoms with Crippen LogP contribution in [-0.2, 0) is 0 Å². The van der Waals surface area contributed by atoms with Crippen LogP contribution in [0, 0.1) is 17.8 Å². The van der Waals surface area contributed by atoms with E-state index in [0.717, 1.165) is 36.9 Å². The van der Waals surface area contributed by atoms with Crippen LogP contribution in [0.15, 0.2) is 12.4 Å². The summed E-state index contributed by atoms with van der Waals surface area (Å²) in [7, 11) is 0. The molecule has 4 bridgehead atoms. The van der Waals surface area contributed by atoms with E-state index in [2.05, 4.69) is 21.3 Å². The lowest BCUT2D eigenvalue weighted by Gasteiger charge is -2.39. The van der Waals surface area contributed by atoms with Gasteiger partial charge in [-0.05, 0) is 69.2 Å². The molecular weight excluding hydrogens is 284 g/mol. The topological polar surface area (TPSA) is 41.1 Å². The number of fused-ring (bicyclic) bond motifs is 1. The molecule has 1 N–H and O–H groups in total. The van der Waals surface area contributed by atoms with Gasteiger partial charge in [-0.3, -0.25) is 0 Å². The van der Waals surface area contributed by atoms with E-state index >= 15 is 0 Å². The van der Waals surface area contributed by atoms with Crippen LogP contribution in [-0.4, -0.2) is 35.6 Å². The second-order valence-electron chi connectivity index (χ2n) is 8.43. The van der Waals surface area contributed by atoms with Crippen LogP contribution >= 0.6 is 0 Å². The van der Waals surface area contributed by atoms with Crippen LogP contribution in [0.4, 0.5) is 5.82 Å². The van der Waals surface area contributed by atoms with Gasteiger partial charge in [0.05, 0.1) is 5.69 Å². The zero-order valence-corrected chi connectivity index (χ0v) is 14.0. The van der Waals surface area contributed by atoms with Gasteiger partial charge in [0.15, 0.2) is 0 Å². The first-order chi connectivity index (χ1) is 11.3. The van der Waals surface area contributed by atoms with Crippen molar-refractivity contribution in [3.8, 4) is 0 Å². The highest BCUT2D eigenvalue weighted by Crippen LogP contribution is 2.48. The first kappa shape index (κ1) is 14.2. The van der Waals surface area contributed by atoms with E-state index in [9.17, 15) is 0 Å². The fourth-order valence-electron chi connectivity index (χ4n) is 5.91. The monoisotopic (exact) mass is 312 g/mol. The average Bonchev–Trinajstić information content (AvgIpc) is 2.79. The van der Waals surface area contributed by atoms with Gasteiger partial charge in [-0.2, -0.15) is 0 Å². The molecule has 1 aromatic heterocycles. The van der Waals surface area contributed by atoms with Crippen LogP contribution in [0.2, 0.25) is 0 Å². The predicted octanol–water partition coefficient (Wildman–Crippen LogP) is 2.96. The Labute approximate surface area is 139 Å². The van der Waals surface area contributed by atoms with Gasteiger partial charge in [-0.25, -0.2) is 9.97 Å². The quantitative estimate of drug-likeness (QED) is 0.911. The van der Waals surface area contributed by atoms with Gasteiger partial charge in [0.1, 0.15) is 12.1 Å². The molecule has 2 aliphatic carbocycles. The molecule has 23 heavy (non-hydrogen) atoms. The standard InChI is InChI=1S/C19H28N4/c1-2-16(10-20-3-1)18-9-19(22-12-21-18)23-11-15-5-13-4-14(6-15)8-17(23)7-13/h9,12-17,20H,1-8,10-11H2/t13-,14+,15?,16?,17?. The molecule has 124 valence electrons. The highest BCUT2D eigenvalue weighted by Gasteiger charge is 2.43. The molecule has 0 spiro atoms. The number of nitrogens with one attached hydrogen (secondary N) is 1. The largest absolute Gasteiger partial charge is 0.353 e. The van der Waals surface area contributed by atoms with Gasteiger partial charge in [0.25, 0.3) is 0 Å². The normalized spacial score (nSPS) is 39.5. The lowest BCUT2D eigenvalue weighted by Crippen LogP contribution is -2.38. The minimum atomic E-state index is 0.574. The summed E-state index contributed by atoms with van der Waals surface area (Å²) in [6.45, 7) is 3.47. The molecule has 4 nitrogen and oxygen atoms in total. The van der Waals surface area contributed by atoms with E-state index in [1.54, 1.807) is 0 Å². The highest BCUT2D eigenvalue weighted by molar-refractivity contribution is 5.42. The molecule has 4 heterocycles. The first-order valence-corrected chi connectivity index (χ1v) is 9.64. The van der Waals surface area contributed by atoms with Crippen LogP contribution < -0.4 is 10.2 Å². The van der Waals surface area contributed by atoms with Crippen molar-refractivity contribution >= 4 is 5.82 Å². The molecule has 5 fully saturated rings. The van der Waals surface area contributed by atoms with Crippen LogP contribution in [0.3, 0.4) is 0 Å². The first-order valence-electron chi connectivity index (χ1n) is 9.64. The number of hydrogen-bond acceptors (Lipinski definition) is 4. The zero-order valence-electron chi connectivity index (χ0n) is 14.0. The Hall–Kier alpha value is -1.16. The van der Waals surface area contributed by atoms with E-state index in [1.807, 2.05) is 6.33 Å². The van der Waals surface area contributed by atoms with Crippen LogP contribution in [0.1, 0.15) is 56.6 Å². The summed E-state index contributed by atoms with van der Waals surface area (Å²) >= 11 is 0. The fourth-order valence-corrected chi connectivity index (χ4v) is 5.91. The summed E-state index contributed by atoms with van der Waals surface area (Å²) in [5.74, 6) is 4.67. The molecule has 0 radical (unpaired) electrons. The number of anilines is 1. The average molecular weight is 312 g/mol. The van der Waals surface area contributed by atoms with E-state index < -0.39 is 0 Å². The van der Waals surface area contributed by atoms with Crippen molar-refractivity contribution in [1.29, 1.82) is 0 Å². The molecule has 3 aliphatic heterocycles. The van der Waals surface area contributed by atoms with E-state index in [4.69, 9.17) is 4.98 Å². The summed E-state index contributed by atoms with van der Waals surface area (Å²) in [4.78, 5) is 12.0. The number of hydrogen-bond donors (Lipinski definition) is 1. The van der Waals surface area contributed by atoms with E-state index in [-0.39, 0.29) is 0 Å². The second-order valence-corrected chi connectivity index (χ2v) is 8.43. The van der Waals surface area contributed by atoms with Crippen LogP contribution in [0.5, 0.6) is 0 Å². The molecule has 1 aromatic rings. The van der Waals surface area contributed by atoms with Crippen molar-refractivity contribution in [3.63, 3.8) is 0 Å². The SMILES string of the molecule is c1nc(C2CCCNC2)cc(N2CC3C[C@@H]4CC2C[C@H](C3)C4)n1. The van der Waals surface area contributed by atoms with Crippen molar-refractivity contribution in [3.05, 3.63) is 18.1 Å². The minimum Gasteiger partial charge on any atom is -0.353 e. The Morgan fingerprint density at radius 3 is 2.61 bits per heavy atom. The summed E-state index contributed by atoms with van der Waals surface area (Å²) in [5, 5.41) is 3.52. The molecule has 5 aliphatic rings. The Morgan fingerprint density at radius 1 is 1.00 bits per heavy atom. The Kier molecular flexibility index (Phi) is 3.54. The highest BCUT2D eigenvalue weighted by atomic mass is 15.2. The smallest absolute Gasteiger partial charge is 0.132 e. The molecule has 4 heteroatoms. The third-order valence-corrected chi connectivity index (χ3v) is 6.79. The summed E-state index contributed by atoms with van der Waals surface area (Å²) < 4.78 is 0. The van der Waals surface area contributed by atoms with Gasteiger partial charge in [0, 0.05) is 31.1 Å². The maximum atomic E-state index is 4.69. The molecule has 0 amide bonds.